The average molecular weight is 320 g/mol. The molecule has 0 amide bonds. The number of hydrogen-bond acceptors (Lipinski definition) is 0. The standard InChI is InChI=1S/C25H20/c1-16-7-11-24-23-12-10-21(14-22(23)15-25(24)17(16)2)20-9-8-18-5-3-4-6-19(18)13-20/h3-14H,15H2,1-2H3. The van der Waals surface area contributed by atoms with Crippen LogP contribution < -0.4 is 0 Å². The van der Waals surface area contributed by atoms with Crippen LogP contribution in [0.2, 0.25) is 0 Å². The van der Waals surface area contributed by atoms with Gasteiger partial charge in [-0.25, -0.2) is 0 Å². The highest BCUT2D eigenvalue weighted by molar-refractivity contribution is 5.88. The summed E-state index contributed by atoms with van der Waals surface area (Å²) in [4.78, 5) is 0. The first-order chi connectivity index (χ1) is 12.2. The van der Waals surface area contributed by atoms with Gasteiger partial charge in [0, 0.05) is 0 Å². The fourth-order valence-electron chi connectivity index (χ4n) is 4.10. The topological polar surface area (TPSA) is 0 Å². The first kappa shape index (κ1) is 14.5. The first-order valence-electron chi connectivity index (χ1n) is 8.92. The summed E-state index contributed by atoms with van der Waals surface area (Å²) < 4.78 is 0. The molecule has 0 saturated heterocycles. The highest BCUT2D eigenvalue weighted by atomic mass is 14.2. The molecule has 4 aromatic rings. The zero-order valence-corrected chi connectivity index (χ0v) is 14.6. The average Bonchev–Trinajstić information content (AvgIpc) is 3.03. The van der Waals surface area contributed by atoms with Gasteiger partial charge in [-0.15, -0.1) is 0 Å². The molecule has 0 unspecified atom stereocenters. The van der Waals surface area contributed by atoms with Gasteiger partial charge in [-0.2, -0.15) is 0 Å². The molecule has 0 saturated carbocycles. The quantitative estimate of drug-likeness (QED) is 0.322. The molecule has 0 aromatic heterocycles. The fraction of sp³-hybridized carbons (Fsp3) is 0.120. The van der Waals surface area contributed by atoms with Crippen molar-refractivity contribution in [1.29, 1.82) is 0 Å². The number of aryl methyl sites for hydroxylation is 1. The van der Waals surface area contributed by atoms with Crippen LogP contribution in [0.25, 0.3) is 33.0 Å². The van der Waals surface area contributed by atoms with E-state index in [1.807, 2.05) is 0 Å². The summed E-state index contributed by atoms with van der Waals surface area (Å²) in [5, 5.41) is 2.60. The molecule has 1 aliphatic rings. The summed E-state index contributed by atoms with van der Waals surface area (Å²) >= 11 is 0. The molecule has 1 aliphatic carbocycles. The van der Waals surface area contributed by atoms with Gasteiger partial charge in [0.1, 0.15) is 0 Å². The predicted octanol–water partition coefficient (Wildman–Crippen LogP) is 6.69. The van der Waals surface area contributed by atoms with E-state index in [9.17, 15) is 0 Å². The van der Waals surface area contributed by atoms with Crippen molar-refractivity contribution in [3.05, 3.63) is 95.1 Å². The molecule has 5 rings (SSSR count). The van der Waals surface area contributed by atoms with Gasteiger partial charge >= 0.3 is 0 Å². The molecule has 0 bridgehead atoms. The third kappa shape index (κ3) is 2.21. The molecular formula is C25H20. The molecule has 0 spiro atoms. The van der Waals surface area contributed by atoms with Crippen molar-refractivity contribution in [3.63, 3.8) is 0 Å². The molecule has 4 aromatic carbocycles. The van der Waals surface area contributed by atoms with Gasteiger partial charge in [0.25, 0.3) is 0 Å². The molecule has 0 atom stereocenters. The SMILES string of the molecule is Cc1ccc2c(c1C)Cc1cc(-c3ccc4ccccc4c3)ccc1-2. The number of benzene rings is 4. The summed E-state index contributed by atoms with van der Waals surface area (Å²) in [6.45, 7) is 4.46. The van der Waals surface area contributed by atoms with Crippen LogP contribution in [0.15, 0.2) is 72.8 Å². The summed E-state index contributed by atoms with van der Waals surface area (Å²) in [5.74, 6) is 0. The molecule has 120 valence electrons. The Kier molecular flexibility index (Phi) is 3.08. The Labute approximate surface area is 148 Å². The Morgan fingerprint density at radius 2 is 1.36 bits per heavy atom. The lowest BCUT2D eigenvalue weighted by atomic mass is 9.97. The van der Waals surface area contributed by atoms with Crippen LogP contribution in [0.1, 0.15) is 22.3 Å². The van der Waals surface area contributed by atoms with Gasteiger partial charge in [-0.05, 0) is 81.6 Å². The van der Waals surface area contributed by atoms with Crippen molar-refractivity contribution in [3.8, 4) is 22.3 Å². The lowest BCUT2D eigenvalue weighted by Crippen LogP contribution is -1.89. The molecule has 0 aliphatic heterocycles. The fourth-order valence-corrected chi connectivity index (χ4v) is 4.10. The Balaban J connectivity index is 1.62. The highest BCUT2D eigenvalue weighted by Gasteiger charge is 2.21. The largest absolute Gasteiger partial charge is 0.0616 e. The van der Waals surface area contributed by atoms with E-state index in [-0.39, 0.29) is 0 Å². The van der Waals surface area contributed by atoms with Crippen molar-refractivity contribution < 1.29 is 0 Å². The highest BCUT2D eigenvalue weighted by Crippen LogP contribution is 2.41. The Morgan fingerprint density at radius 1 is 0.640 bits per heavy atom. The number of rotatable bonds is 1. The predicted molar refractivity (Wildman–Crippen MR) is 107 cm³/mol. The van der Waals surface area contributed by atoms with Crippen LogP contribution in [0.3, 0.4) is 0 Å². The minimum atomic E-state index is 1.06. The van der Waals surface area contributed by atoms with Crippen LogP contribution in [0.5, 0.6) is 0 Å². The van der Waals surface area contributed by atoms with Crippen molar-refractivity contribution in [1.82, 2.24) is 0 Å². The second-order valence-corrected chi connectivity index (χ2v) is 7.14. The van der Waals surface area contributed by atoms with E-state index in [0.717, 1.165) is 6.42 Å². The van der Waals surface area contributed by atoms with Gasteiger partial charge < -0.3 is 0 Å². The smallest absolute Gasteiger partial charge is 0.00105 e. The van der Waals surface area contributed by atoms with Gasteiger partial charge in [-0.3, -0.25) is 0 Å². The monoisotopic (exact) mass is 320 g/mol. The van der Waals surface area contributed by atoms with E-state index in [1.54, 1.807) is 0 Å². The minimum Gasteiger partial charge on any atom is -0.0616 e. The zero-order valence-electron chi connectivity index (χ0n) is 14.6. The molecule has 0 heteroatoms. The lowest BCUT2D eigenvalue weighted by molar-refractivity contribution is 1.19. The zero-order chi connectivity index (χ0) is 17.0. The van der Waals surface area contributed by atoms with E-state index in [1.165, 1.54) is 55.3 Å². The maximum atomic E-state index is 2.38. The van der Waals surface area contributed by atoms with E-state index in [4.69, 9.17) is 0 Å². The van der Waals surface area contributed by atoms with Gasteiger partial charge in [0.2, 0.25) is 0 Å². The molecule has 0 heterocycles. The van der Waals surface area contributed by atoms with Crippen LogP contribution in [0.4, 0.5) is 0 Å². The van der Waals surface area contributed by atoms with Gasteiger partial charge in [-0.1, -0.05) is 66.7 Å². The van der Waals surface area contributed by atoms with E-state index >= 15 is 0 Å². The Bertz CT molecular complexity index is 1130. The van der Waals surface area contributed by atoms with Crippen molar-refractivity contribution in [2.75, 3.05) is 0 Å². The van der Waals surface area contributed by atoms with E-state index in [2.05, 4.69) is 86.6 Å². The molecule has 25 heavy (non-hydrogen) atoms. The van der Waals surface area contributed by atoms with Crippen LogP contribution in [-0.2, 0) is 6.42 Å². The molecule has 0 radical (unpaired) electrons. The number of hydrogen-bond donors (Lipinski definition) is 0. The molecular weight excluding hydrogens is 300 g/mol. The summed E-state index contributed by atoms with van der Waals surface area (Å²) in [6.07, 6.45) is 1.06. The second-order valence-electron chi connectivity index (χ2n) is 7.14. The third-order valence-corrected chi connectivity index (χ3v) is 5.71. The van der Waals surface area contributed by atoms with Gasteiger partial charge in [0.05, 0.1) is 0 Å². The summed E-state index contributed by atoms with van der Waals surface area (Å²) in [7, 11) is 0. The minimum absolute atomic E-state index is 1.06. The van der Waals surface area contributed by atoms with E-state index in [0.29, 0.717) is 0 Å². The second kappa shape index (κ2) is 5.32. The first-order valence-corrected chi connectivity index (χ1v) is 8.92. The molecule has 0 N–H and O–H groups in total. The Morgan fingerprint density at radius 3 is 2.24 bits per heavy atom. The van der Waals surface area contributed by atoms with E-state index < -0.39 is 0 Å². The summed E-state index contributed by atoms with van der Waals surface area (Å²) in [6, 6.07) is 26.8. The van der Waals surface area contributed by atoms with Crippen molar-refractivity contribution >= 4 is 10.8 Å². The Hall–Kier alpha value is -2.86. The van der Waals surface area contributed by atoms with Gasteiger partial charge in [0.15, 0.2) is 0 Å². The van der Waals surface area contributed by atoms with Crippen LogP contribution >= 0.6 is 0 Å². The van der Waals surface area contributed by atoms with Crippen molar-refractivity contribution in [2.24, 2.45) is 0 Å². The maximum Gasteiger partial charge on any atom is -0.00105 e. The normalized spacial score (nSPS) is 12.2. The number of fused-ring (bicyclic) bond motifs is 4. The van der Waals surface area contributed by atoms with Crippen LogP contribution in [0, 0.1) is 13.8 Å². The van der Waals surface area contributed by atoms with Crippen molar-refractivity contribution in [2.45, 2.75) is 20.3 Å². The lowest BCUT2D eigenvalue weighted by Gasteiger charge is -2.08. The third-order valence-electron chi connectivity index (χ3n) is 5.71. The molecule has 0 nitrogen and oxygen atoms in total. The molecule has 0 fully saturated rings. The maximum absolute atomic E-state index is 2.38. The van der Waals surface area contributed by atoms with Crippen LogP contribution in [-0.4, -0.2) is 0 Å². The summed E-state index contributed by atoms with van der Waals surface area (Å²) in [5.41, 5.74) is 11.2.